The maximum absolute atomic E-state index is 11.9. The van der Waals surface area contributed by atoms with E-state index in [9.17, 15) is 8.42 Å². The molecule has 0 aromatic carbocycles. The molecule has 2 aromatic heterocycles. The first-order valence-electron chi connectivity index (χ1n) is 4.30. The van der Waals surface area contributed by atoms with Crippen molar-refractivity contribution in [2.45, 2.75) is 5.03 Å². The molecule has 0 spiro atoms. The van der Waals surface area contributed by atoms with E-state index in [0.717, 1.165) is 0 Å². The lowest BCUT2D eigenvalue weighted by Crippen LogP contribution is -2.17. The summed E-state index contributed by atoms with van der Waals surface area (Å²) in [5, 5.41) is 9.88. The fourth-order valence-corrected chi connectivity index (χ4v) is 2.36. The van der Waals surface area contributed by atoms with E-state index in [2.05, 4.69) is 20.0 Å². The van der Waals surface area contributed by atoms with Crippen molar-refractivity contribution in [2.24, 2.45) is 7.05 Å². The maximum atomic E-state index is 11.9. The van der Waals surface area contributed by atoms with E-state index in [-0.39, 0.29) is 16.5 Å². The number of hydrogen-bond acceptors (Lipinski definition) is 5. The number of aromatic amines is 1. The van der Waals surface area contributed by atoms with Crippen molar-refractivity contribution in [3.05, 3.63) is 18.5 Å². The van der Waals surface area contributed by atoms with Gasteiger partial charge in [0.05, 0.1) is 18.1 Å². The van der Waals surface area contributed by atoms with Crippen molar-refractivity contribution in [3.63, 3.8) is 0 Å². The molecular formula is C7H10N6O2S. The quantitative estimate of drug-likeness (QED) is 0.672. The van der Waals surface area contributed by atoms with E-state index >= 15 is 0 Å². The molecular weight excluding hydrogens is 232 g/mol. The van der Waals surface area contributed by atoms with Gasteiger partial charge in [-0.25, -0.2) is 0 Å². The van der Waals surface area contributed by atoms with Gasteiger partial charge in [0.25, 0.3) is 10.0 Å². The van der Waals surface area contributed by atoms with Gasteiger partial charge >= 0.3 is 0 Å². The third-order valence-electron chi connectivity index (χ3n) is 1.96. The molecule has 0 saturated heterocycles. The first-order valence-corrected chi connectivity index (χ1v) is 5.78. The average molecular weight is 242 g/mol. The predicted molar refractivity (Wildman–Crippen MR) is 57.0 cm³/mol. The number of nitrogens with one attached hydrogen (secondary N) is 2. The van der Waals surface area contributed by atoms with Gasteiger partial charge in [-0.1, -0.05) is 0 Å². The molecule has 0 aliphatic carbocycles. The number of aryl methyl sites for hydroxylation is 1. The summed E-state index contributed by atoms with van der Waals surface area (Å²) in [6, 6.07) is 1.38. The number of sulfonamides is 1. The van der Waals surface area contributed by atoms with E-state index in [1.54, 1.807) is 0 Å². The van der Waals surface area contributed by atoms with Gasteiger partial charge in [0.2, 0.25) is 0 Å². The molecule has 9 heteroatoms. The number of anilines is 2. The Morgan fingerprint density at radius 1 is 1.56 bits per heavy atom. The second-order valence-electron chi connectivity index (χ2n) is 3.10. The van der Waals surface area contributed by atoms with Crippen LogP contribution in [-0.2, 0) is 17.1 Å². The lowest BCUT2D eigenvalue weighted by molar-refractivity contribution is 0.582. The topological polar surface area (TPSA) is 119 Å². The summed E-state index contributed by atoms with van der Waals surface area (Å²) in [6.07, 6.45) is 2.71. The van der Waals surface area contributed by atoms with Crippen LogP contribution in [0.1, 0.15) is 0 Å². The number of nitrogens with two attached hydrogens (primary N) is 1. The molecule has 0 aliphatic rings. The van der Waals surface area contributed by atoms with Crippen molar-refractivity contribution in [3.8, 4) is 0 Å². The molecule has 16 heavy (non-hydrogen) atoms. The van der Waals surface area contributed by atoms with Crippen LogP contribution < -0.4 is 10.5 Å². The highest BCUT2D eigenvalue weighted by Gasteiger charge is 2.19. The van der Waals surface area contributed by atoms with Crippen LogP contribution in [0.3, 0.4) is 0 Å². The fraction of sp³-hybridized carbons (Fsp3) is 0.143. The fourth-order valence-electron chi connectivity index (χ4n) is 1.19. The molecule has 2 rings (SSSR count). The highest BCUT2D eigenvalue weighted by molar-refractivity contribution is 7.92. The molecule has 2 aromatic rings. The van der Waals surface area contributed by atoms with Crippen LogP contribution in [0.5, 0.6) is 0 Å². The smallest absolute Gasteiger partial charge is 0.280 e. The van der Waals surface area contributed by atoms with Gasteiger partial charge in [-0.05, 0) is 6.07 Å². The molecule has 2 heterocycles. The highest BCUT2D eigenvalue weighted by atomic mass is 32.2. The van der Waals surface area contributed by atoms with Crippen LogP contribution >= 0.6 is 0 Å². The lowest BCUT2D eigenvalue weighted by Gasteiger charge is -2.06. The first kappa shape index (κ1) is 10.5. The summed E-state index contributed by atoms with van der Waals surface area (Å²) in [5.74, 6) is 0.140. The SMILES string of the molecule is Cn1nccc1S(=O)(=O)Nc1[nH]ncc1N. The number of H-pyrrole nitrogens is 1. The molecule has 0 saturated carbocycles. The zero-order valence-corrected chi connectivity index (χ0v) is 9.19. The molecule has 0 amide bonds. The molecule has 0 radical (unpaired) electrons. The van der Waals surface area contributed by atoms with E-state index in [0.29, 0.717) is 0 Å². The maximum Gasteiger partial charge on any atom is 0.280 e. The summed E-state index contributed by atoms with van der Waals surface area (Å²) in [4.78, 5) is 0. The van der Waals surface area contributed by atoms with Gasteiger partial charge in [0.1, 0.15) is 0 Å². The van der Waals surface area contributed by atoms with E-state index in [1.807, 2.05) is 0 Å². The van der Waals surface area contributed by atoms with Crippen molar-refractivity contribution >= 4 is 21.5 Å². The van der Waals surface area contributed by atoms with E-state index in [1.165, 1.54) is 30.2 Å². The molecule has 4 N–H and O–H groups in total. The molecule has 0 unspecified atom stereocenters. The zero-order chi connectivity index (χ0) is 11.8. The average Bonchev–Trinajstić information content (AvgIpc) is 2.76. The highest BCUT2D eigenvalue weighted by Crippen LogP contribution is 2.17. The number of nitrogen functional groups attached to an aromatic ring is 1. The van der Waals surface area contributed by atoms with Crippen molar-refractivity contribution in [2.75, 3.05) is 10.5 Å². The number of rotatable bonds is 3. The van der Waals surface area contributed by atoms with Gasteiger partial charge in [-0.15, -0.1) is 0 Å². The Hall–Kier alpha value is -2.03. The van der Waals surface area contributed by atoms with Crippen LogP contribution in [0.25, 0.3) is 0 Å². The van der Waals surface area contributed by atoms with Gasteiger partial charge in [-0.2, -0.15) is 18.6 Å². The summed E-state index contributed by atoms with van der Waals surface area (Å²) >= 11 is 0. The second kappa shape index (κ2) is 3.52. The molecule has 0 fully saturated rings. The van der Waals surface area contributed by atoms with E-state index < -0.39 is 10.0 Å². The normalized spacial score (nSPS) is 11.6. The number of aromatic nitrogens is 4. The molecule has 0 atom stereocenters. The Morgan fingerprint density at radius 3 is 2.81 bits per heavy atom. The standard InChI is InChI=1S/C7H10N6O2S/c1-13-6(2-3-10-13)16(14,15)12-7-5(8)4-9-11-7/h2-4H,8H2,1H3,(H2,9,11,12). The van der Waals surface area contributed by atoms with Gasteiger partial charge in [0.15, 0.2) is 10.8 Å². The van der Waals surface area contributed by atoms with E-state index in [4.69, 9.17) is 5.73 Å². The summed E-state index contributed by atoms with van der Waals surface area (Å²) in [6.45, 7) is 0. The third-order valence-corrected chi connectivity index (χ3v) is 3.38. The van der Waals surface area contributed by atoms with Crippen molar-refractivity contribution < 1.29 is 8.42 Å². The number of hydrogen-bond donors (Lipinski definition) is 3. The van der Waals surface area contributed by atoms with Crippen LogP contribution in [0.15, 0.2) is 23.5 Å². The van der Waals surface area contributed by atoms with Crippen LogP contribution in [0, 0.1) is 0 Å². The first-order chi connectivity index (χ1) is 7.50. The monoisotopic (exact) mass is 242 g/mol. The Kier molecular flexibility index (Phi) is 2.31. The minimum atomic E-state index is -3.69. The Bertz CT molecular complexity index is 598. The number of nitrogens with zero attached hydrogens (tertiary/aromatic N) is 3. The summed E-state index contributed by atoms with van der Waals surface area (Å²) in [7, 11) is -2.16. The van der Waals surface area contributed by atoms with Gasteiger partial charge in [0, 0.05) is 7.05 Å². The minimum Gasteiger partial charge on any atom is -0.394 e. The summed E-state index contributed by atoms with van der Waals surface area (Å²) < 4.78 is 27.2. The zero-order valence-electron chi connectivity index (χ0n) is 8.38. The van der Waals surface area contributed by atoms with Crippen LogP contribution in [0.2, 0.25) is 0 Å². The molecule has 0 aliphatic heterocycles. The largest absolute Gasteiger partial charge is 0.394 e. The van der Waals surface area contributed by atoms with Gasteiger partial charge in [-0.3, -0.25) is 14.5 Å². The molecule has 0 bridgehead atoms. The third kappa shape index (κ3) is 1.72. The summed E-state index contributed by atoms with van der Waals surface area (Å²) in [5.41, 5.74) is 5.72. The van der Waals surface area contributed by atoms with Crippen molar-refractivity contribution in [1.29, 1.82) is 0 Å². The Morgan fingerprint density at radius 2 is 2.31 bits per heavy atom. The Labute approximate surface area is 91.5 Å². The van der Waals surface area contributed by atoms with Gasteiger partial charge < -0.3 is 5.73 Å². The Balaban J connectivity index is 2.36. The van der Waals surface area contributed by atoms with Crippen LogP contribution in [-0.4, -0.2) is 28.4 Å². The molecule has 86 valence electrons. The van der Waals surface area contributed by atoms with Crippen LogP contribution in [0.4, 0.5) is 11.5 Å². The lowest BCUT2D eigenvalue weighted by atomic mass is 10.6. The molecule has 8 nitrogen and oxygen atoms in total. The second-order valence-corrected chi connectivity index (χ2v) is 4.73. The predicted octanol–water partition coefficient (Wildman–Crippen LogP) is -0.474. The van der Waals surface area contributed by atoms with Crippen molar-refractivity contribution in [1.82, 2.24) is 20.0 Å². The minimum absolute atomic E-state index is 0.0431.